The summed E-state index contributed by atoms with van der Waals surface area (Å²) in [6.07, 6.45) is 0. The Balaban J connectivity index is 1.51. The first-order valence-electron chi connectivity index (χ1n) is 10.8. The molecule has 0 radical (unpaired) electrons. The smallest absolute Gasteiger partial charge is 0.154 e. The van der Waals surface area contributed by atoms with Gasteiger partial charge in [0.2, 0.25) is 0 Å². The molecular formula is C28H22FN3O2. The molecule has 5 rings (SSSR count). The van der Waals surface area contributed by atoms with E-state index in [1.54, 1.807) is 20.3 Å². The Labute approximate surface area is 197 Å². The van der Waals surface area contributed by atoms with Crippen LogP contribution in [0.15, 0.2) is 101 Å². The molecule has 0 saturated heterocycles. The van der Waals surface area contributed by atoms with Gasteiger partial charge in [-0.15, -0.1) is 0 Å². The molecule has 4 aromatic carbocycles. The number of fused-ring (bicyclic) bond motifs is 1. The molecule has 5 nitrogen and oxygen atoms in total. The third-order valence-electron chi connectivity index (χ3n) is 5.66. The first-order chi connectivity index (χ1) is 16.6. The molecule has 0 unspecified atom stereocenters. The van der Waals surface area contributed by atoms with Crippen molar-refractivity contribution in [3.05, 3.63) is 114 Å². The molecule has 0 amide bonds. The van der Waals surface area contributed by atoms with E-state index >= 15 is 0 Å². The number of methoxy groups -OCH3 is 2. The second-order valence-electron chi connectivity index (χ2n) is 7.73. The van der Waals surface area contributed by atoms with Gasteiger partial charge in [-0.2, -0.15) is 5.10 Å². The number of benzene rings is 4. The summed E-state index contributed by atoms with van der Waals surface area (Å²) in [5.41, 5.74) is 8.76. The van der Waals surface area contributed by atoms with Gasteiger partial charge in [0.15, 0.2) is 5.84 Å². The van der Waals surface area contributed by atoms with Crippen LogP contribution in [0.3, 0.4) is 0 Å². The molecule has 168 valence electrons. The van der Waals surface area contributed by atoms with Crippen LogP contribution in [0.4, 0.5) is 10.1 Å². The molecule has 0 bridgehead atoms. The van der Waals surface area contributed by atoms with E-state index in [-0.39, 0.29) is 5.82 Å². The molecule has 1 N–H and O–H groups in total. The molecule has 1 heterocycles. The number of nitrogens with one attached hydrogen (secondary N) is 1. The van der Waals surface area contributed by atoms with Crippen molar-refractivity contribution < 1.29 is 13.9 Å². The van der Waals surface area contributed by atoms with Crippen LogP contribution in [0.2, 0.25) is 0 Å². The fraction of sp³-hybridized carbons (Fsp3) is 0.0714. The van der Waals surface area contributed by atoms with Crippen molar-refractivity contribution >= 4 is 17.2 Å². The number of hydrogen-bond acceptors (Lipinski definition) is 5. The molecule has 4 aromatic rings. The third kappa shape index (κ3) is 4.26. The summed E-state index contributed by atoms with van der Waals surface area (Å²) in [6, 6.07) is 28.0. The molecule has 1 aliphatic heterocycles. The molecule has 6 heteroatoms. The van der Waals surface area contributed by atoms with Gasteiger partial charge in [-0.25, -0.2) is 9.38 Å². The average molecular weight is 452 g/mol. The molecule has 34 heavy (non-hydrogen) atoms. The molecule has 0 spiro atoms. The fourth-order valence-corrected chi connectivity index (χ4v) is 3.81. The Morgan fingerprint density at radius 1 is 0.647 bits per heavy atom. The average Bonchev–Trinajstić information content (AvgIpc) is 3.08. The predicted octanol–water partition coefficient (Wildman–Crippen LogP) is 5.94. The van der Waals surface area contributed by atoms with E-state index in [1.165, 1.54) is 12.1 Å². The second-order valence-corrected chi connectivity index (χ2v) is 7.73. The largest absolute Gasteiger partial charge is 0.497 e. The van der Waals surface area contributed by atoms with E-state index < -0.39 is 0 Å². The number of amidine groups is 1. The van der Waals surface area contributed by atoms with E-state index in [0.29, 0.717) is 22.8 Å². The number of hydrazone groups is 1. The molecule has 0 aromatic heterocycles. The maximum atomic E-state index is 14.2. The zero-order valence-corrected chi connectivity index (χ0v) is 18.7. The lowest BCUT2D eigenvalue weighted by Crippen LogP contribution is -2.19. The lowest BCUT2D eigenvalue weighted by molar-refractivity contribution is 0.414. The Morgan fingerprint density at radius 3 is 1.76 bits per heavy atom. The van der Waals surface area contributed by atoms with Crippen molar-refractivity contribution in [3.63, 3.8) is 0 Å². The quantitative estimate of drug-likeness (QED) is 0.408. The van der Waals surface area contributed by atoms with Gasteiger partial charge in [-0.1, -0.05) is 36.4 Å². The number of halogens is 1. The van der Waals surface area contributed by atoms with Gasteiger partial charge < -0.3 is 9.47 Å². The summed E-state index contributed by atoms with van der Waals surface area (Å²) < 4.78 is 24.7. The monoisotopic (exact) mass is 451 g/mol. The molecule has 0 saturated carbocycles. The summed E-state index contributed by atoms with van der Waals surface area (Å²) in [5, 5.41) is 4.62. The SMILES string of the molecule is COc1ccc(C2=Nc3ccc(F)cc3C(c3ccc(-c4ccc(OC)cc4)cc3)=NN2)cc1. The summed E-state index contributed by atoms with van der Waals surface area (Å²) in [5.74, 6) is 1.79. The van der Waals surface area contributed by atoms with Crippen molar-refractivity contribution in [2.24, 2.45) is 10.1 Å². The molecular weight excluding hydrogens is 429 g/mol. The summed E-state index contributed by atoms with van der Waals surface area (Å²) >= 11 is 0. The number of hydrogen-bond donors (Lipinski definition) is 1. The number of rotatable bonds is 5. The third-order valence-corrected chi connectivity index (χ3v) is 5.66. The van der Waals surface area contributed by atoms with Crippen molar-refractivity contribution in [2.75, 3.05) is 14.2 Å². The topological polar surface area (TPSA) is 55.2 Å². The van der Waals surface area contributed by atoms with E-state index in [4.69, 9.17) is 14.5 Å². The second kappa shape index (κ2) is 9.19. The first kappa shape index (κ1) is 21.4. The van der Waals surface area contributed by atoms with E-state index in [9.17, 15) is 4.39 Å². The summed E-state index contributed by atoms with van der Waals surface area (Å²) in [7, 11) is 3.27. The summed E-state index contributed by atoms with van der Waals surface area (Å²) in [4.78, 5) is 4.73. The highest BCUT2D eigenvalue weighted by atomic mass is 19.1. The van der Waals surface area contributed by atoms with Crippen LogP contribution < -0.4 is 14.9 Å². The van der Waals surface area contributed by atoms with Gasteiger partial charge in [-0.05, 0) is 65.7 Å². The van der Waals surface area contributed by atoms with Crippen LogP contribution in [0.5, 0.6) is 11.5 Å². The van der Waals surface area contributed by atoms with Crippen molar-refractivity contribution in [2.45, 2.75) is 0 Å². The van der Waals surface area contributed by atoms with Crippen LogP contribution in [-0.2, 0) is 0 Å². The van der Waals surface area contributed by atoms with Crippen molar-refractivity contribution in [1.29, 1.82) is 0 Å². The number of aliphatic imine (C=N–C) groups is 1. The highest BCUT2D eigenvalue weighted by Crippen LogP contribution is 2.28. The van der Waals surface area contributed by atoms with Gasteiger partial charge in [0.1, 0.15) is 23.0 Å². The molecule has 0 atom stereocenters. The van der Waals surface area contributed by atoms with Crippen LogP contribution >= 0.6 is 0 Å². The van der Waals surface area contributed by atoms with Crippen LogP contribution in [0, 0.1) is 5.82 Å². The highest BCUT2D eigenvalue weighted by Gasteiger charge is 2.18. The highest BCUT2D eigenvalue weighted by molar-refractivity contribution is 6.18. The first-order valence-corrected chi connectivity index (χ1v) is 10.8. The lowest BCUT2D eigenvalue weighted by Gasteiger charge is -2.09. The maximum absolute atomic E-state index is 14.2. The van der Waals surface area contributed by atoms with Crippen molar-refractivity contribution in [3.8, 4) is 22.6 Å². The lowest BCUT2D eigenvalue weighted by atomic mass is 9.97. The van der Waals surface area contributed by atoms with Gasteiger partial charge >= 0.3 is 0 Å². The maximum Gasteiger partial charge on any atom is 0.154 e. The van der Waals surface area contributed by atoms with Gasteiger partial charge in [0, 0.05) is 16.7 Å². The Hall–Kier alpha value is -4.45. The molecule has 0 fully saturated rings. The van der Waals surface area contributed by atoms with Crippen LogP contribution in [0.25, 0.3) is 11.1 Å². The van der Waals surface area contributed by atoms with Crippen LogP contribution in [0.1, 0.15) is 16.7 Å². The van der Waals surface area contributed by atoms with Gasteiger partial charge in [0.05, 0.1) is 19.9 Å². The standard InChI is InChI=1S/C28H22FN3O2/c1-33-23-12-7-19(8-13-23)18-3-5-20(6-4-18)27-25-17-22(29)11-16-26(25)30-28(32-31-27)21-9-14-24(34-2)15-10-21/h3-17H,1-2H3,(H,30,32). The fourth-order valence-electron chi connectivity index (χ4n) is 3.81. The Bertz CT molecular complexity index is 1380. The predicted molar refractivity (Wildman–Crippen MR) is 133 cm³/mol. The summed E-state index contributed by atoms with van der Waals surface area (Å²) in [6.45, 7) is 0. The van der Waals surface area contributed by atoms with E-state index in [2.05, 4.69) is 10.5 Å². The van der Waals surface area contributed by atoms with E-state index in [0.717, 1.165) is 33.8 Å². The van der Waals surface area contributed by atoms with E-state index in [1.807, 2.05) is 72.8 Å². The van der Waals surface area contributed by atoms with Gasteiger partial charge in [0.25, 0.3) is 0 Å². The normalized spacial score (nSPS) is 12.6. The molecule has 0 aliphatic carbocycles. The van der Waals surface area contributed by atoms with Crippen LogP contribution in [-0.4, -0.2) is 25.8 Å². The minimum atomic E-state index is -0.343. The minimum Gasteiger partial charge on any atom is -0.497 e. The Morgan fingerprint density at radius 2 is 1.18 bits per heavy atom. The zero-order valence-electron chi connectivity index (χ0n) is 18.7. The zero-order chi connectivity index (χ0) is 23.5. The minimum absolute atomic E-state index is 0.343. The number of ether oxygens (including phenoxy) is 2. The van der Waals surface area contributed by atoms with Crippen molar-refractivity contribution in [1.82, 2.24) is 5.43 Å². The number of nitrogens with zero attached hydrogens (tertiary/aromatic N) is 2. The Kier molecular flexibility index (Phi) is 5.79. The van der Waals surface area contributed by atoms with Gasteiger partial charge in [-0.3, -0.25) is 5.43 Å². The molecule has 1 aliphatic rings.